The van der Waals surface area contributed by atoms with Crippen LogP contribution < -0.4 is 0 Å². The number of aliphatic hydroxyl groups is 1. The van der Waals surface area contributed by atoms with Crippen molar-refractivity contribution in [3.8, 4) is 0 Å². The lowest BCUT2D eigenvalue weighted by Gasteiger charge is -2.28. The van der Waals surface area contributed by atoms with Gasteiger partial charge < -0.3 is 5.11 Å². The Labute approximate surface area is 115 Å². The molecule has 0 aliphatic heterocycles. The SMILES string of the molecule is CCCC1CCCC(O)(c2ccc(F)c(C)c2)CC1. The lowest BCUT2D eigenvalue weighted by molar-refractivity contribution is 0.0194. The molecule has 0 spiro atoms. The summed E-state index contributed by atoms with van der Waals surface area (Å²) < 4.78 is 13.4. The molecule has 0 bridgehead atoms. The Morgan fingerprint density at radius 3 is 2.79 bits per heavy atom. The summed E-state index contributed by atoms with van der Waals surface area (Å²) in [5.74, 6) is 0.561. The Kier molecular flexibility index (Phi) is 4.62. The highest BCUT2D eigenvalue weighted by molar-refractivity contribution is 5.28. The molecule has 1 aliphatic rings. The van der Waals surface area contributed by atoms with Crippen LogP contribution in [-0.4, -0.2) is 5.11 Å². The van der Waals surface area contributed by atoms with Gasteiger partial charge in [-0.3, -0.25) is 0 Å². The Balaban J connectivity index is 2.15. The van der Waals surface area contributed by atoms with Crippen LogP contribution in [0.2, 0.25) is 0 Å². The monoisotopic (exact) mass is 264 g/mol. The van der Waals surface area contributed by atoms with Gasteiger partial charge in [0.1, 0.15) is 5.82 Å². The first kappa shape index (κ1) is 14.5. The maximum Gasteiger partial charge on any atom is 0.126 e. The Bertz CT molecular complexity index is 429. The standard InChI is InChI=1S/C17H25FO/c1-3-5-14-6-4-10-17(19,11-9-14)15-7-8-16(18)13(2)12-15/h7-8,12,14,19H,3-6,9-11H2,1-2H3. The summed E-state index contributed by atoms with van der Waals surface area (Å²) in [5, 5.41) is 10.9. The second kappa shape index (κ2) is 6.04. The summed E-state index contributed by atoms with van der Waals surface area (Å²) in [5.41, 5.74) is 0.768. The van der Waals surface area contributed by atoms with Crippen molar-refractivity contribution in [2.45, 2.75) is 64.4 Å². The molecule has 0 saturated heterocycles. The van der Waals surface area contributed by atoms with Gasteiger partial charge in [-0.1, -0.05) is 38.3 Å². The third-order valence-corrected chi connectivity index (χ3v) is 4.56. The minimum atomic E-state index is -0.749. The third-order valence-electron chi connectivity index (χ3n) is 4.56. The first-order valence-corrected chi connectivity index (χ1v) is 7.54. The molecule has 2 unspecified atom stereocenters. The minimum Gasteiger partial charge on any atom is -0.385 e. The normalized spacial score (nSPS) is 28.1. The average Bonchev–Trinajstić information content (AvgIpc) is 2.57. The number of halogens is 1. The molecule has 1 N–H and O–H groups in total. The largest absolute Gasteiger partial charge is 0.385 e. The van der Waals surface area contributed by atoms with Gasteiger partial charge in [0.05, 0.1) is 5.60 Å². The Morgan fingerprint density at radius 1 is 1.32 bits per heavy atom. The molecular weight excluding hydrogens is 239 g/mol. The Morgan fingerprint density at radius 2 is 2.11 bits per heavy atom. The summed E-state index contributed by atoms with van der Waals surface area (Å²) in [6, 6.07) is 5.05. The zero-order valence-electron chi connectivity index (χ0n) is 12.1. The van der Waals surface area contributed by atoms with E-state index in [1.165, 1.54) is 25.3 Å². The van der Waals surface area contributed by atoms with Crippen LogP contribution in [0.25, 0.3) is 0 Å². The Hall–Kier alpha value is -0.890. The predicted octanol–water partition coefficient (Wildman–Crippen LogP) is 4.70. The molecule has 1 nitrogen and oxygen atoms in total. The highest BCUT2D eigenvalue weighted by atomic mass is 19.1. The third kappa shape index (κ3) is 3.36. The van der Waals surface area contributed by atoms with Gasteiger partial charge >= 0.3 is 0 Å². The summed E-state index contributed by atoms with van der Waals surface area (Å²) in [7, 11) is 0. The number of aryl methyl sites for hydroxylation is 1. The fraction of sp³-hybridized carbons (Fsp3) is 0.647. The van der Waals surface area contributed by atoms with Gasteiger partial charge in [0.15, 0.2) is 0 Å². The summed E-state index contributed by atoms with van der Waals surface area (Å²) in [4.78, 5) is 0. The number of rotatable bonds is 3. The molecule has 0 radical (unpaired) electrons. The molecule has 2 atom stereocenters. The molecule has 0 amide bonds. The second-order valence-electron chi connectivity index (χ2n) is 6.08. The van der Waals surface area contributed by atoms with Crippen molar-refractivity contribution >= 4 is 0 Å². The molecular formula is C17H25FO. The van der Waals surface area contributed by atoms with Gasteiger partial charge in [0.2, 0.25) is 0 Å². The summed E-state index contributed by atoms with van der Waals surface area (Å²) in [6.45, 7) is 3.99. The van der Waals surface area contributed by atoms with E-state index >= 15 is 0 Å². The van der Waals surface area contributed by atoms with E-state index in [4.69, 9.17) is 0 Å². The fourth-order valence-corrected chi connectivity index (χ4v) is 3.32. The molecule has 106 valence electrons. The fourth-order valence-electron chi connectivity index (χ4n) is 3.32. The van der Waals surface area contributed by atoms with E-state index in [0.717, 1.165) is 37.2 Å². The van der Waals surface area contributed by atoms with E-state index in [1.807, 2.05) is 6.07 Å². The van der Waals surface area contributed by atoms with Crippen LogP contribution in [0.15, 0.2) is 18.2 Å². The molecule has 1 saturated carbocycles. The van der Waals surface area contributed by atoms with E-state index in [0.29, 0.717) is 5.56 Å². The van der Waals surface area contributed by atoms with Crippen molar-refractivity contribution in [3.63, 3.8) is 0 Å². The van der Waals surface area contributed by atoms with Crippen molar-refractivity contribution in [2.24, 2.45) is 5.92 Å². The molecule has 0 heterocycles. The second-order valence-corrected chi connectivity index (χ2v) is 6.08. The molecule has 19 heavy (non-hydrogen) atoms. The van der Waals surface area contributed by atoms with E-state index < -0.39 is 5.60 Å². The first-order valence-electron chi connectivity index (χ1n) is 7.54. The van der Waals surface area contributed by atoms with Gasteiger partial charge in [-0.25, -0.2) is 4.39 Å². The van der Waals surface area contributed by atoms with Crippen LogP contribution in [0.3, 0.4) is 0 Å². The van der Waals surface area contributed by atoms with Crippen molar-refractivity contribution < 1.29 is 9.50 Å². The van der Waals surface area contributed by atoms with Crippen LogP contribution in [0.5, 0.6) is 0 Å². The molecule has 1 aliphatic carbocycles. The molecule has 2 rings (SSSR count). The average molecular weight is 264 g/mol. The number of hydrogen-bond donors (Lipinski definition) is 1. The summed E-state index contributed by atoms with van der Waals surface area (Å²) >= 11 is 0. The van der Waals surface area contributed by atoms with Crippen molar-refractivity contribution in [3.05, 3.63) is 35.1 Å². The summed E-state index contributed by atoms with van der Waals surface area (Å²) in [6.07, 6.45) is 7.47. The van der Waals surface area contributed by atoms with Crippen LogP contribution in [0.4, 0.5) is 4.39 Å². The maximum atomic E-state index is 13.4. The van der Waals surface area contributed by atoms with E-state index in [2.05, 4.69) is 6.92 Å². The molecule has 0 aromatic heterocycles. The van der Waals surface area contributed by atoms with Crippen molar-refractivity contribution in [2.75, 3.05) is 0 Å². The molecule has 1 aromatic carbocycles. The van der Waals surface area contributed by atoms with Crippen molar-refractivity contribution in [1.82, 2.24) is 0 Å². The van der Waals surface area contributed by atoms with E-state index in [9.17, 15) is 9.50 Å². The van der Waals surface area contributed by atoms with Gasteiger partial charge in [0, 0.05) is 0 Å². The first-order chi connectivity index (χ1) is 9.05. The maximum absolute atomic E-state index is 13.4. The zero-order chi connectivity index (χ0) is 13.9. The van der Waals surface area contributed by atoms with Crippen LogP contribution >= 0.6 is 0 Å². The quantitative estimate of drug-likeness (QED) is 0.784. The minimum absolute atomic E-state index is 0.190. The van der Waals surface area contributed by atoms with Crippen LogP contribution in [-0.2, 0) is 5.60 Å². The smallest absolute Gasteiger partial charge is 0.126 e. The van der Waals surface area contributed by atoms with Gasteiger partial charge in [-0.15, -0.1) is 0 Å². The van der Waals surface area contributed by atoms with E-state index in [-0.39, 0.29) is 5.82 Å². The van der Waals surface area contributed by atoms with Crippen molar-refractivity contribution in [1.29, 1.82) is 0 Å². The van der Waals surface area contributed by atoms with Gasteiger partial charge in [0.25, 0.3) is 0 Å². The number of hydrogen-bond acceptors (Lipinski definition) is 1. The highest BCUT2D eigenvalue weighted by Crippen LogP contribution is 2.39. The van der Waals surface area contributed by atoms with Gasteiger partial charge in [-0.05, 0) is 55.7 Å². The van der Waals surface area contributed by atoms with Crippen LogP contribution in [0, 0.1) is 18.7 Å². The highest BCUT2D eigenvalue weighted by Gasteiger charge is 2.32. The molecule has 2 heteroatoms. The van der Waals surface area contributed by atoms with Crippen LogP contribution in [0.1, 0.15) is 63.0 Å². The zero-order valence-corrected chi connectivity index (χ0v) is 12.1. The van der Waals surface area contributed by atoms with E-state index in [1.54, 1.807) is 13.0 Å². The molecule has 1 fully saturated rings. The lowest BCUT2D eigenvalue weighted by Crippen LogP contribution is -2.25. The predicted molar refractivity (Wildman–Crippen MR) is 76.5 cm³/mol. The van der Waals surface area contributed by atoms with Gasteiger partial charge in [-0.2, -0.15) is 0 Å². The lowest BCUT2D eigenvalue weighted by atomic mass is 9.85. The number of benzene rings is 1. The topological polar surface area (TPSA) is 20.2 Å². The molecule has 1 aromatic rings.